The van der Waals surface area contributed by atoms with Gasteiger partial charge in [-0.1, -0.05) is 0 Å². The van der Waals surface area contributed by atoms with Gasteiger partial charge in [-0.15, -0.1) is 10.2 Å². The van der Waals surface area contributed by atoms with E-state index in [0.717, 1.165) is 43.1 Å². The third-order valence-electron chi connectivity index (χ3n) is 3.97. The maximum absolute atomic E-state index is 5.35. The smallest absolute Gasteiger partial charge is 0.297 e. The molecule has 0 amide bonds. The Balaban J connectivity index is 1.56. The van der Waals surface area contributed by atoms with Crippen LogP contribution in [0.5, 0.6) is 0 Å². The van der Waals surface area contributed by atoms with Gasteiger partial charge >= 0.3 is 0 Å². The molecule has 1 fully saturated rings. The van der Waals surface area contributed by atoms with E-state index >= 15 is 0 Å². The van der Waals surface area contributed by atoms with Crippen molar-refractivity contribution < 1.29 is 4.42 Å². The molecule has 4 heterocycles. The Bertz CT molecular complexity index is 742. The monoisotopic (exact) mass is 284 g/mol. The molecule has 0 atom stereocenters. The highest BCUT2D eigenvalue weighted by molar-refractivity contribution is 5.37. The lowest BCUT2D eigenvalue weighted by molar-refractivity contribution is 0.442. The number of fused-ring (bicyclic) bond motifs is 1. The quantitative estimate of drug-likeness (QED) is 0.714. The Kier molecular flexibility index (Phi) is 2.83. The van der Waals surface area contributed by atoms with Crippen molar-refractivity contribution in [3.8, 4) is 0 Å². The maximum atomic E-state index is 5.35. The molecule has 21 heavy (non-hydrogen) atoms. The molecule has 108 valence electrons. The van der Waals surface area contributed by atoms with Crippen LogP contribution in [-0.2, 0) is 0 Å². The largest absolute Gasteiger partial charge is 0.432 e. The molecule has 3 aromatic rings. The van der Waals surface area contributed by atoms with Crippen LogP contribution in [0.2, 0.25) is 0 Å². The van der Waals surface area contributed by atoms with Crippen molar-refractivity contribution in [2.45, 2.75) is 25.7 Å². The molecule has 0 radical (unpaired) electrons. The van der Waals surface area contributed by atoms with E-state index in [1.165, 1.54) is 0 Å². The average Bonchev–Trinajstić information content (AvgIpc) is 3.16. The zero-order chi connectivity index (χ0) is 14.2. The van der Waals surface area contributed by atoms with E-state index in [1.807, 2.05) is 23.6 Å². The van der Waals surface area contributed by atoms with Crippen molar-refractivity contribution in [3.63, 3.8) is 0 Å². The van der Waals surface area contributed by atoms with E-state index in [-0.39, 0.29) is 0 Å². The van der Waals surface area contributed by atoms with Gasteiger partial charge in [0, 0.05) is 19.0 Å². The normalized spacial score (nSPS) is 16.7. The van der Waals surface area contributed by atoms with E-state index in [9.17, 15) is 0 Å². The molecule has 4 rings (SSSR count). The molecule has 1 saturated heterocycles. The number of aryl methyl sites for hydroxylation is 1. The summed E-state index contributed by atoms with van der Waals surface area (Å²) in [7, 11) is 0. The van der Waals surface area contributed by atoms with Crippen molar-refractivity contribution in [2.24, 2.45) is 0 Å². The first-order valence-electron chi connectivity index (χ1n) is 7.14. The van der Waals surface area contributed by atoms with Crippen LogP contribution in [0.15, 0.2) is 29.0 Å². The predicted octanol–water partition coefficient (Wildman–Crippen LogP) is 1.80. The molecule has 3 aromatic heterocycles. The number of rotatable bonds is 2. The minimum Gasteiger partial charge on any atom is -0.432 e. The van der Waals surface area contributed by atoms with Crippen molar-refractivity contribution >= 4 is 11.7 Å². The lowest BCUT2D eigenvalue weighted by atomic mass is 9.96. The van der Waals surface area contributed by atoms with Crippen LogP contribution in [0, 0.1) is 6.92 Å². The number of aromatic nitrogens is 5. The molecular formula is C14H16N6O. The highest BCUT2D eigenvalue weighted by Crippen LogP contribution is 2.28. The summed E-state index contributed by atoms with van der Waals surface area (Å²) in [5.74, 6) is 1.33. The topological polar surface area (TPSA) is 72.4 Å². The van der Waals surface area contributed by atoms with Gasteiger partial charge in [0.15, 0.2) is 11.5 Å². The van der Waals surface area contributed by atoms with Crippen LogP contribution >= 0.6 is 0 Å². The second-order valence-corrected chi connectivity index (χ2v) is 5.38. The fourth-order valence-electron chi connectivity index (χ4n) is 2.85. The number of oxazole rings is 1. The number of hydrogen-bond acceptors (Lipinski definition) is 6. The predicted molar refractivity (Wildman–Crippen MR) is 76.2 cm³/mol. The van der Waals surface area contributed by atoms with Gasteiger partial charge in [-0.2, -0.15) is 9.61 Å². The third-order valence-corrected chi connectivity index (χ3v) is 3.97. The zero-order valence-corrected chi connectivity index (χ0v) is 11.8. The maximum Gasteiger partial charge on any atom is 0.297 e. The summed E-state index contributed by atoms with van der Waals surface area (Å²) in [6.45, 7) is 3.80. The fourth-order valence-corrected chi connectivity index (χ4v) is 2.85. The van der Waals surface area contributed by atoms with Crippen molar-refractivity contribution in [2.75, 3.05) is 18.0 Å². The Hall–Kier alpha value is -2.44. The lowest BCUT2D eigenvalue weighted by Gasteiger charge is -2.29. The Morgan fingerprint density at radius 3 is 2.81 bits per heavy atom. The van der Waals surface area contributed by atoms with Gasteiger partial charge in [0.2, 0.25) is 0 Å². The van der Waals surface area contributed by atoms with Gasteiger partial charge in [-0.3, -0.25) is 0 Å². The van der Waals surface area contributed by atoms with Crippen LogP contribution in [0.1, 0.15) is 30.3 Å². The minimum atomic E-state index is 0.375. The summed E-state index contributed by atoms with van der Waals surface area (Å²) in [5.41, 5.74) is 1.78. The number of anilines is 1. The van der Waals surface area contributed by atoms with E-state index in [0.29, 0.717) is 11.9 Å². The molecule has 0 saturated carbocycles. The Morgan fingerprint density at radius 1 is 1.19 bits per heavy atom. The highest BCUT2D eigenvalue weighted by Gasteiger charge is 2.26. The zero-order valence-electron chi connectivity index (χ0n) is 11.8. The van der Waals surface area contributed by atoms with Crippen LogP contribution < -0.4 is 4.90 Å². The Labute approximate surface area is 121 Å². The first kappa shape index (κ1) is 12.3. The van der Waals surface area contributed by atoms with E-state index in [2.05, 4.69) is 25.2 Å². The summed E-state index contributed by atoms with van der Waals surface area (Å²) in [6.07, 6.45) is 5.29. The first-order valence-corrected chi connectivity index (χ1v) is 7.14. The van der Waals surface area contributed by atoms with Crippen molar-refractivity contribution in [3.05, 3.63) is 36.1 Å². The second kappa shape index (κ2) is 4.83. The Morgan fingerprint density at radius 2 is 2.05 bits per heavy atom. The molecule has 0 aliphatic carbocycles. The van der Waals surface area contributed by atoms with Gasteiger partial charge in [0.25, 0.3) is 6.01 Å². The molecular weight excluding hydrogens is 268 g/mol. The fraction of sp³-hybridized carbons (Fsp3) is 0.429. The number of hydrogen-bond donors (Lipinski definition) is 0. The summed E-state index contributed by atoms with van der Waals surface area (Å²) >= 11 is 0. The van der Waals surface area contributed by atoms with Crippen LogP contribution in [0.25, 0.3) is 5.65 Å². The SMILES string of the molecule is Cc1ccc2nnc(C3CCN(c4ncco4)CC3)n2n1. The van der Waals surface area contributed by atoms with Crippen molar-refractivity contribution in [1.82, 2.24) is 24.8 Å². The van der Waals surface area contributed by atoms with E-state index < -0.39 is 0 Å². The summed E-state index contributed by atoms with van der Waals surface area (Å²) < 4.78 is 7.23. The third kappa shape index (κ3) is 2.14. The van der Waals surface area contributed by atoms with Crippen molar-refractivity contribution in [1.29, 1.82) is 0 Å². The molecule has 0 aromatic carbocycles. The van der Waals surface area contributed by atoms with Gasteiger partial charge in [-0.05, 0) is 31.9 Å². The summed E-state index contributed by atoms with van der Waals surface area (Å²) in [5, 5.41) is 13.1. The summed E-state index contributed by atoms with van der Waals surface area (Å²) in [6, 6.07) is 4.62. The first-order chi connectivity index (χ1) is 10.3. The van der Waals surface area contributed by atoms with Crippen LogP contribution in [0.4, 0.5) is 6.01 Å². The molecule has 7 heteroatoms. The van der Waals surface area contributed by atoms with Gasteiger partial charge in [-0.25, -0.2) is 4.98 Å². The standard InChI is InChI=1S/C14H16N6O/c1-10-2-3-12-16-17-13(20(12)18-10)11-4-7-19(8-5-11)14-15-6-9-21-14/h2-3,6,9,11H,4-5,7-8H2,1H3. The lowest BCUT2D eigenvalue weighted by Crippen LogP contribution is -2.33. The van der Waals surface area contributed by atoms with Crippen LogP contribution in [0.3, 0.4) is 0 Å². The highest BCUT2D eigenvalue weighted by atomic mass is 16.4. The van der Waals surface area contributed by atoms with Crippen LogP contribution in [-0.4, -0.2) is 37.9 Å². The molecule has 0 unspecified atom stereocenters. The number of nitrogens with zero attached hydrogens (tertiary/aromatic N) is 6. The van der Waals surface area contributed by atoms with Gasteiger partial charge < -0.3 is 9.32 Å². The number of piperidine rings is 1. The minimum absolute atomic E-state index is 0.375. The molecule has 0 spiro atoms. The molecule has 0 N–H and O–H groups in total. The molecule has 0 bridgehead atoms. The van der Waals surface area contributed by atoms with E-state index in [4.69, 9.17) is 4.42 Å². The second-order valence-electron chi connectivity index (χ2n) is 5.38. The molecule has 7 nitrogen and oxygen atoms in total. The average molecular weight is 284 g/mol. The summed E-state index contributed by atoms with van der Waals surface area (Å²) in [4.78, 5) is 6.37. The molecule has 1 aliphatic rings. The molecule has 1 aliphatic heterocycles. The van der Waals surface area contributed by atoms with E-state index in [1.54, 1.807) is 12.5 Å². The van der Waals surface area contributed by atoms with Gasteiger partial charge in [0.1, 0.15) is 6.26 Å². The van der Waals surface area contributed by atoms with Gasteiger partial charge in [0.05, 0.1) is 11.9 Å².